The molecule has 0 radical (unpaired) electrons. The highest BCUT2D eigenvalue weighted by molar-refractivity contribution is 5.86. The van der Waals surface area contributed by atoms with Crippen molar-refractivity contribution in [3.8, 4) is 40.6 Å². The van der Waals surface area contributed by atoms with Gasteiger partial charge in [0, 0.05) is 28.0 Å². The lowest BCUT2D eigenvalue weighted by molar-refractivity contribution is -0.189. The molecule has 45 heavy (non-hydrogen) atoms. The van der Waals surface area contributed by atoms with Gasteiger partial charge in [0.15, 0.2) is 0 Å². The summed E-state index contributed by atoms with van der Waals surface area (Å²) in [4.78, 5) is 0. The summed E-state index contributed by atoms with van der Waals surface area (Å²) in [5, 5.41) is -0.904. The Morgan fingerprint density at radius 2 is 1.24 bits per heavy atom. The van der Waals surface area contributed by atoms with Gasteiger partial charge in [0.2, 0.25) is 0 Å². The summed E-state index contributed by atoms with van der Waals surface area (Å²) < 4.78 is 145. The lowest BCUT2D eigenvalue weighted by Gasteiger charge is -2.20. The van der Waals surface area contributed by atoms with Gasteiger partial charge in [-0.25, -0.2) is 22.0 Å². The average Bonchev–Trinajstić information content (AvgIpc) is 2.95. The second-order valence-electron chi connectivity index (χ2n) is 9.42. The first-order valence-corrected chi connectivity index (χ1v) is 12.7. The number of rotatable bonds is 4. The molecule has 1 nitrogen and oxygen atoms in total. The maximum atomic E-state index is 15.0. The number of hydrogen-bond donors (Lipinski definition) is 0. The molecule has 0 N–H and O–H groups in total. The molecule has 0 bridgehead atoms. The Kier molecular flexibility index (Phi) is 8.22. The standard InChI is InChI=1S/C34H14F10O/c35-27-14-20(7-6-19-4-2-1-3-5-19)8-10-24(27)22-17-29(37)31(30(38)18-22)34(43,44)45-23-9-11-25-21(15-23)16-28(36)26(32(25)39)12-13-33(40,41)42/h1-5,8-11,14-18H. The molecule has 5 rings (SSSR count). The van der Waals surface area contributed by atoms with Crippen molar-refractivity contribution in [1.29, 1.82) is 0 Å². The molecule has 0 heterocycles. The van der Waals surface area contributed by atoms with Gasteiger partial charge in [-0.05, 0) is 71.6 Å². The minimum atomic E-state index is -5.03. The molecule has 0 atom stereocenters. The highest BCUT2D eigenvalue weighted by atomic mass is 19.4. The summed E-state index contributed by atoms with van der Waals surface area (Å²) in [6.45, 7) is 0. The fourth-order valence-electron chi connectivity index (χ4n) is 4.32. The minimum Gasteiger partial charge on any atom is -0.429 e. The second kappa shape index (κ2) is 11.9. The van der Waals surface area contributed by atoms with E-state index in [0.717, 1.165) is 24.1 Å². The fraction of sp³-hybridized carbons (Fsp3) is 0.0588. The topological polar surface area (TPSA) is 9.23 Å². The summed E-state index contributed by atoms with van der Waals surface area (Å²) in [6, 6.07) is 16.1. The van der Waals surface area contributed by atoms with Crippen molar-refractivity contribution in [3.05, 3.63) is 136 Å². The van der Waals surface area contributed by atoms with Crippen LogP contribution in [0, 0.1) is 52.8 Å². The summed E-state index contributed by atoms with van der Waals surface area (Å²) in [5.74, 6) is -0.640. The number of halogens is 10. The van der Waals surface area contributed by atoms with E-state index in [4.69, 9.17) is 0 Å². The SMILES string of the molecule is Fc1cc(C#Cc2ccccc2)ccc1-c1cc(F)c(C(F)(F)Oc2ccc3c(F)c(C#CC(F)(F)F)c(F)cc3c2)c(F)c1. The van der Waals surface area contributed by atoms with Gasteiger partial charge in [0.1, 0.15) is 40.4 Å². The van der Waals surface area contributed by atoms with Crippen LogP contribution in [0.5, 0.6) is 5.75 Å². The molecule has 0 fully saturated rings. The van der Waals surface area contributed by atoms with Crippen LogP contribution in [0.2, 0.25) is 0 Å². The van der Waals surface area contributed by atoms with Gasteiger partial charge >= 0.3 is 12.3 Å². The minimum absolute atomic E-state index is 0.248. The lowest BCUT2D eigenvalue weighted by Crippen LogP contribution is -2.25. The Hall–Kier alpha value is -5.42. The lowest BCUT2D eigenvalue weighted by atomic mass is 10.0. The predicted molar refractivity (Wildman–Crippen MR) is 145 cm³/mol. The molecular weight excluding hydrogens is 614 g/mol. The van der Waals surface area contributed by atoms with Crippen LogP contribution < -0.4 is 4.74 Å². The van der Waals surface area contributed by atoms with Crippen LogP contribution in [0.3, 0.4) is 0 Å². The molecule has 226 valence electrons. The molecule has 0 spiro atoms. The molecule has 0 saturated heterocycles. The Morgan fingerprint density at radius 1 is 0.578 bits per heavy atom. The van der Waals surface area contributed by atoms with Crippen molar-refractivity contribution in [1.82, 2.24) is 0 Å². The van der Waals surface area contributed by atoms with Crippen LogP contribution in [-0.2, 0) is 6.11 Å². The van der Waals surface area contributed by atoms with E-state index in [1.54, 1.807) is 30.3 Å². The summed E-state index contributed by atoms with van der Waals surface area (Å²) >= 11 is 0. The first-order chi connectivity index (χ1) is 21.2. The van der Waals surface area contributed by atoms with Crippen LogP contribution in [0.15, 0.2) is 84.9 Å². The van der Waals surface area contributed by atoms with Crippen LogP contribution in [0.1, 0.15) is 22.3 Å². The Bertz CT molecular complexity index is 2040. The van der Waals surface area contributed by atoms with Gasteiger partial charge in [-0.15, -0.1) is 0 Å². The van der Waals surface area contributed by atoms with Crippen LogP contribution in [-0.4, -0.2) is 6.18 Å². The third kappa shape index (κ3) is 6.89. The van der Waals surface area contributed by atoms with Crippen LogP contribution >= 0.6 is 0 Å². The molecule has 5 aromatic carbocycles. The molecule has 0 amide bonds. The third-order valence-electron chi connectivity index (χ3n) is 6.31. The number of ether oxygens (including phenoxy) is 1. The van der Waals surface area contributed by atoms with E-state index in [2.05, 4.69) is 16.6 Å². The number of benzene rings is 5. The molecule has 0 unspecified atom stereocenters. The second-order valence-corrected chi connectivity index (χ2v) is 9.42. The van der Waals surface area contributed by atoms with Crippen molar-refractivity contribution in [2.24, 2.45) is 0 Å². The quantitative estimate of drug-likeness (QED) is 0.142. The van der Waals surface area contributed by atoms with Gasteiger partial charge in [-0.1, -0.05) is 42.0 Å². The van der Waals surface area contributed by atoms with Gasteiger partial charge in [-0.3, -0.25) is 0 Å². The third-order valence-corrected chi connectivity index (χ3v) is 6.31. The van der Waals surface area contributed by atoms with Gasteiger partial charge in [0.05, 0.1) is 5.56 Å². The number of fused-ring (bicyclic) bond motifs is 1. The molecule has 0 aromatic heterocycles. The summed E-state index contributed by atoms with van der Waals surface area (Å²) in [7, 11) is 0. The Labute approximate surface area is 248 Å². The van der Waals surface area contributed by atoms with Crippen molar-refractivity contribution in [2.75, 3.05) is 0 Å². The van der Waals surface area contributed by atoms with Crippen molar-refractivity contribution < 1.29 is 48.6 Å². The molecular formula is C34H14F10O. The van der Waals surface area contributed by atoms with Crippen LogP contribution in [0.4, 0.5) is 43.9 Å². The molecule has 11 heteroatoms. The maximum absolute atomic E-state index is 15.0. The Balaban J connectivity index is 1.42. The fourth-order valence-corrected chi connectivity index (χ4v) is 4.32. The first-order valence-electron chi connectivity index (χ1n) is 12.7. The summed E-state index contributed by atoms with van der Waals surface area (Å²) in [5.41, 5.74) is -2.81. The highest BCUT2D eigenvalue weighted by Crippen LogP contribution is 2.38. The van der Waals surface area contributed by atoms with Gasteiger partial charge in [-0.2, -0.15) is 22.0 Å². The number of hydrogen-bond acceptors (Lipinski definition) is 1. The van der Waals surface area contributed by atoms with E-state index in [1.807, 2.05) is 0 Å². The molecule has 0 saturated carbocycles. The smallest absolute Gasteiger partial charge is 0.429 e. The molecule has 0 aliphatic carbocycles. The van der Waals surface area contributed by atoms with E-state index in [9.17, 15) is 35.1 Å². The average molecular weight is 628 g/mol. The van der Waals surface area contributed by atoms with Gasteiger partial charge < -0.3 is 4.74 Å². The zero-order valence-electron chi connectivity index (χ0n) is 22.3. The Morgan fingerprint density at radius 3 is 1.89 bits per heavy atom. The number of alkyl halides is 5. The zero-order valence-corrected chi connectivity index (χ0v) is 22.3. The highest BCUT2D eigenvalue weighted by Gasteiger charge is 2.41. The van der Waals surface area contributed by atoms with Crippen molar-refractivity contribution in [2.45, 2.75) is 12.3 Å². The van der Waals surface area contributed by atoms with E-state index >= 15 is 8.78 Å². The van der Waals surface area contributed by atoms with Gasteiger partial charge in [0.25, 0.3) is 0 Å². The summed E-state index contributed by atoms with van der Waals surface area (Å²) in [6.07, 6.45) is -9.71. The largest absolute Gasteiger partial charge is 0.458 e. The monoisotopic (exact) mass is 628 g/mol. The van der Waals surface area contributed by atoms with E-state index in [0.29, 0.717) is 29.8 Å². The maximum Gasteiger partial charge on any atom is 0.458 e. The van der Waals surface area contributed by atoms with E-state index in [1.165, 1.54) is 18.1 Å². The van der Waals surface area contributed by atoms with E-state index in [-0.39, 0.29) is 11.1 Å². The molecule has 0 aliphatic heterocycles. The first kappa shape index (κ1) is 31.0. The molecule has 0 aliphatic rings. The van der Waals surface area contributed by atoms with Crippen molar-refractivity contribution >= 4 is 10.8 Å². The van der Waals surface area contributed by atoms with Crippen molar-refractivity contribution in [3.63, 3.8) is 0 Å². The predicted octanol–water partition coefficient (Wildman–Crippen LogP) is 9.64. The normalized spacial score (nSPS) is 11.4. The molecule has 5 aromatic rings. The zero-order chi connectivity index (χ0) is 32.5. The van der Waals surface area contributed by atoms with E-state index < -0.39 is 74.6 Å². The van der Waals surface area contributed by atoms with Crippen LogP contribution in [0.25, 0.3) is 21.9 Å².